The molecule has 0 spiro atoms. The van der Waals surface area contributed by atoms with Gasteiger partial charge in [0, 0.05) is 12.1 Å². The zero-order chi connectivity index (χ0) is 16.5. The molecule has 10 heteroatoms. The molecule has 0 unspecified atom stereocenters. The number of hydrogen-bond acceptors (Lipinski definition) is 4. The number of halogens is 3. The predicted octanol–water partition coefficient (Wildman–Crippen LogP) is 4.36. The van der Waals surface area contributed by atoms with E-state index in [1.54, 1.807) is 0 Å². The molecule has 0 aliphatic rings. The molecule has 116 valence electrons. The van der Waals surface area contributed by atoms with Crippen molar-refractivity contribution in [3.63, 3.8) is 0 Å². The molecule has 0 aromatic heterocycles. The van der Waals surface area contributed by atoms with Crippen LogP contribution in [0.2, 0.25) is 15.1 Å². The SMILES string of the molecule is O=[N+]([O-])c1ccc(Cl)c(NS(=O)(=O)c2ccc(Cl)c(Cl)c2)c1. The van der Waals surface area contributed by atoms with Crippen LogP contribution in [0.3, 0.4) is 0 Å². The van der Waals surface area contributed by atoms with Crippen molar-refractivity contribution in [1.29, 1.82) is 0 Å². The minimum absolute atomic E-state index is 0.0224. The molecular weight excluding hydrogens is 375 g/mol. The Hall–Kier alpha value is -1.54. The molecule has 0 heterocycles. The van der Waals surface area contributed by atoms with Gasteiger partial charge in [0.1, 0.15) is 0 Å². The number of nitrogens with one attached hydrogen (secondary N) is 1. The lowest BCUT2D eigenvalue weighted by molar-refractivity contribution is -0.384. The Bertz CT molecular complexity index is 855. The highest BCUT2D eigenvalue weighted by Gasteiger charge is 2.19. The topological polar surface area (TPSA) is 89.3 Å². The molecule has 0 aliphatic carbocycles. The summed E-state index contributed by atoms with van der Waals surface area (Å²) >= 11 is 17.4. The maximum absolute atomic E-state index is 12.3. The van der Waals surface area contributed by atoms with E-state index in [2.05, 4.69) is 4.72 Å². The van der Waals surface area contributed by atoms with Gasteiger partial charge < -0.3 is 0 Å². The number of anilines is 1. The van der Waals surface area contributed by atoms with E-state index in [1.165, 1.54) is 24.3 Å². The van der Waals surface area contributed by atoms with Gasteiger partial charge in [0.05, 0.1) is 30.6 Å². The summed E-state index contributed by atoms with van der Waals surface area (Å²) in [7, 11) is -4.02. The zero-order valence-electron chi connectivity index (χ0n) is 10.6. The Morgan fingerprint density at radius 3 is 2.18 bits per heavy atom. The van der Waals surface area contributed by atoms with Gasteiger partial charge in [-0.1, -0.05) is 34.8 Å². The van der Waals surface area contributed by atoms with E-state index in [-0.39, 0.29) is 31.3 Å². The summed E-state index contributed by atoms with van der Waals surface area (Å²) in [6.07, 6.45) is 0. The molecule has 0 atom stereocenters. The Balaban J connectivity index is 2.42. The number of benzene rings is 2. The van der Waals surface area contributed by atoms with Crippen molar-refractivity contribution in [2.45, 2.75) is 4.90 Å². The van der Waals surface area contributed by atoms with E-state index >= 15 is 0 Å². The first-order chi connectivity index (χ1) is 10.2. The average molecular weight is 382 g/mol. The number of nitrogens with zero attached hydrogens (tertiary/aromatic N) is 1. The van der Waals surface area contributed by atoms with Gasteiger partial charge in [-0.2, -0.15) is 0 Å². The van der Waals surface area contributed by atoms with Crippen molar-refractivity contribution in [3.05, 3.63) is 61.6 Å². The van der Waals surface area contributed by atoms with Gasteiger partial charge in [-0.05, 0) is 24.3 Å². The third-order valence-electron chi connectivity index (χ3n) is 2.61. The first kappa shape index (κ1) is 16.8. The molecular formula is C12H7Cl3N2O4S. The molecule has 6 nitrogen and oxygen atoms in total. The molecule has 0 saturated carbocycles. The average Bonchev–Trinajstić information content (AvgIpc) is 2.43. The van der Waals surface area contributed by atoms with Crippen molar-refractivity contribution in [2.75, 3.05) is 4.72 Å². The van der Waals surface area contributed by atoms with Crippen LogP contribution < -0.4 is 4.72 Å². The van der Waals surface area contributed by atoms with Crippen LogP contribution in [0, 0.1) is 10.1 Å². The van der Waals surface area contributed by atoms with Gasteiger partial charge in [-0.15, -0.1) is 0 Å². The van der Waals surface area contributed by atoms with Gasteiger partial charge in [-0.25, -0.2) is 8.42 Å². The molecule has 1 N–H and O–H groups in total. The molecule has 0 aliphatic heterocycles. The van der Waals surface area contributed by atoms with E-state index in [1.807, 2.05) is 0 Å². The molecule has 2 aromatic rings. The van der Waals surface area contributed by atoms with Crippen LogP contribution >= 0.6 is 34.8 Å². The van der Waals surface area contributed by atoms with Crippen LogP contribution in [0.4, 0.5) is 11.4 Å². The lowest BCUT2D eigenvalue weighted by Crippen LogP contribution is -2.13. The number of hydrogen-bond donors (Lipinski definition) is 1. The lowest BCUT2D eigenvalue weighted by atomic mass is 10.3. The van der Waals surface area contributed by atoms with Crippen LogP contribution in [0.15, 0.2) is 41.3 Å². The van der Waals surface area contributed by atoms with E-state index in [0.29, 0.717) is 0 Å². The summed E-state index contributed by atoms with van der Waals surface area (Å²) in [5.74, 6) is 0. The van der Waals surface area contributed by atoms with Crippen molar-refractivity contribution in [3.8, 4) is 0 Å². The zero-order valence-corrected chi connectivity index (χ0v) is 13.7. The third kappa shape index (κ3) is 3.61. The molecule has 0 saturated heterocycles. The summed E-state index contributed by atoms with van der Waals surface area (Å²) in [5.41, 5.74) is -0.404. The van der Waals surface area contributed by atoms with Crippen LogP contribution in [0.5, 0.6) is 0 Å². The summed E-state index contributed by atoms with van der Waals surface area (Å²) in [6.45, 7) is 0. The van der Waals surface area contributed by atoms with Gasteiger partial charge in [0.15, 0.2) is 0 Å². The Morgan fingerprint density at radius 2 is 1.59 bits per heavy atom. The summed E-state index contributed by atoms with van der Waals surface area (Å²) < 4.78 is 26.7. The Labute approximate surface area is 140 Å². The molecule has 2 aromatic carbocycles. The van der Waals surface area contributed by atoms with E-state index in [9.17, 15) is 18.5 Å². The highest BCUT2D eigenvalue weighted by Crippen LogP contribution is 2.30. The molecule has 0 radical (unpaired) electrons. The fourth-order valence-corrected chi connectivity index (χ4v) is 3.23. The number of nitro benzene ring substituents is 1. The van der Waals surface area contributed by atoms with Gasteiger partial charge in [-0.3, -0.25) is 14.8 Å². The number of non-ortho nitro benzene ring substituents is 1. The number of rotatable bonds is 4. The van der Waals surface area contributed by atoms with Gasteiger partial charge in [0.2, 0.25) is 0 Å². The minimum atomic E-state index is -4.02. The normalized spacial score (nSPS) is 11.2. The molecule has 0 fully saturated rings. The van der Waals surface area contributed by atoms with Crippen molar-refractivity contribution < 1.29 is 13.3 Å². The lowest BCUT2D eigenvalue weighted by Gasteiger charge is -2.10. The molecule has 0 amide bonds. The fraction of sp³-hybridized carbons (Fsp3) is 0. The minimum Gasteiger partial charge on any atom is -0.278 e. The maximum Gasteiger partial charge on any atom is 0.271 e. The first-order valence-corrected chi connectivity index (χ1v) is 8.24. The first-order valence-electron chi connectivity index (χ1n) is 5.62. The summed E-state index contributed by atoms with van der Waals surface area (Å²) in [4.78, 5) is 9.93. The Kier molecular flexibility index (Phi) is 4.81. The van der Waals surface area contributed by atoms with Crippen LogP contribution in [0.25, 0.3) is 0 Å². The van der Waals surface area contributed by atoms with E-state index in [0.717, 1.165) is 12.1 Å². The van der Waals surface area contributed by atoms with E-state index < -0.39 is 14.9 Å². The van der Waals surface area contributed by atoms with Crippen molar-refractivity contribution in [1.82, 2.24) is 0 Å². The van der Waals surface area contributed by atoms with Crippen molar-refractivity contribution >= 4 is 56.2 Å². The molecule has 2 rings (SSSR count). The highest BCUT2D eigenvalue weighted by atomic mass is 35.5. The predicted molar refractivity (Wildman–Crippen MR) is 85.4 cm³/mol. The standard InChI is InChI=1S/C12H7Cl3N2O4S/c13-9-4-2-8(6-11(9)15)22(20,21)16-12-5-7(17(18)19)1-3-10(12)14/h1-6,16H. The van der Waals surface area contributed by atoms with E-state index in [4.69, 9.17) is 34.8 Å². The van der Waals surface area contributed by atoms with Crippen molar-refractivity contribution in [2.24, 2.45) is 0 Å². The fourth-order valence-electron chi connectivity index (χ4n) is 1.55. The number of sulfonamides is 1. The number of nitro groups is 1. The second kappa shape index (κ2) is 6.29. The maximum atomic E-state index is 12.3. The summed E-state index contributed by atoms with van der Waals surface area (Å²) in [5, 5.41) is 11.0. The van der Waals surface area contributed by atoms with Crippen LogP contribution in [-0.4, -0.2) is 13.3 Å². The van der Waals surface area contributed by atoms with Crippen LogP contribution in [0.1, 0.15) is 0 Å². The molecule has 0 bridgehead atoms. The summed E-state index contributed by atoms with van der Waals surface area (Å²) in [6, 6.07) is 7.16. The molecule has 22 heavy (non-hydrogen) atoms. The van der Waals surface area contributed by atoms with Gasteiger partial charge >= 0.3 is 0 Å². The monoisotopic (exact) mass is 380 g/mol. The second-order valence-corrected chi connectivity index (χ2v) is 7.01. The van der Waals surface area contributed by atoms with Crippen LogP contribution in [-0.2, 0) is 10.0 Å². The quantitative estimate of drug-likeness (QED) is 0.629. The Morgan fingerprint density at radius 1 is 0.955 bits per heavy atom. The third-order valence-corrected chi connectivity index (χ3v) is 5.04. The highest BCUT2D eigenvalue weighted by molar-refractivity contribution is 7.92. The largest absolute Gasteiger partial charge is 0.278 e. The van der Waals surface area contributed by atoms with Gasteiger partial charge in [0.25, 0.3) is 15.7 Å². The second-order valence-electron chi connectivity index (χ2n) is 4.10. The smallest absolute Gasteiger partial charge is 0.271 e.